The summed E-state index contributed by atoms with van der Waals surface area (Å²) in [4.78, 5) is 27.3. The van der Waals surface area contributed by atoms with E-state index in [2.05, 4.69) is 21.2 Å². The van der Waals surface area contributed by atoms with Gasteiger partial charge in [0.25, 0.3) is 0 Å². The lowest BCUT2D eigenvalue weighted by atomic mass is 9.78. The molecule has 0 fully saturated rings. The summed E-state index contributed by atoms with van der Waals surface area (Å²) in [6, 6.07) is 30.7. The number of carbonyl (C=O) groups excluding carboxylic acids is 1. The van der Waals surface area contributed by atoms with E-state index in [1.807, 2.05) is 91.0 Å². The number of carbonyl (C=O) groups is 2. The largest absolute Gasteiger partial charge is 0.476 e. The van der Waals surface area contributed by atoms with Gasteiger partial charge in [0.15, 0.2) is 9.92 Å². The van der Waals surface area contributed by atoms with Crippen LogP contribution < -0.4 is 14.8 Å². The molecule has 2 atom stereocenters. The normalized spacial score (nSPS) is 17.0. The SMILES string of the molecule is CN(C[C@@H]1COc2c(S(=O)(=NC(c3ccccc3)(c3ccccc3)c3ccccc3)NC(=O)Nc3c4c(cc5c3CCC5)CCC4)cnn2C1)C(=O)O. The predicted molar refractivity (Wildman–Crippen MR) is 203 cm³/mol. The van der Waals surface area contributed by atoms with Gasteiger partial charge < -0.3 is 20.1 Å². The second kappa shape index (κ2) is 14.1. The summed E-state index contributed by atoms with van der Waals surface area (Å²) < 4.78 is 32.2. The number of amides is 3. The molecule has 3 amide bonds. The summed E-state index contributed by atoms with van der Waals surface area (Å²) in [7, 11) is -2.41. The highest BCUT2D eigenvalue weighted by Gasteiger charge is 2.41. The maximum absolute atomic E-state index is 16.1. The number of rotatable bonds is 9. The molecule has 1 aromatic heterocycles. The van der Waals surface area contributed by atoms with Gasteiger partial charge in [-0.15, -0.1) is 0 Å². The lowest BCUT2D eigenvalue weighted by molar-refractivity contribution is 0.113. The maximum Gasteiger partial charge on any atom is 0.407 e. The molecule has 0 spiro atoms. The lowest BCUT2D eigenvalue weighted by Crippen LogP contribution is -2.39. The lowest BCUT2D eigenvalue weighted by Gasteiger charge is -2.33. The number of nitrogens with one attached hydrogen (secondary N) is 2. The fourth-order valence-electron chi connectivity index (χ4n) is 8.14. The van der Waals surface area contributed by atoms with Crippen LogP contribution in [0.5, 0.6) is 5.88 Å². The Bertz CT molecular complexity index is 2160. The Kier molecular flexibility index (Phi) is 9.15. The second-order valence-corrected chi connectivity index (χ2v) is 15.9. The molecular formula is C41H42N6O5S. The smallest absolute Gasteiger partial charge is 0.407 e. The summed E-state index contributed by atoms with van der Waals surface area (Å²) in [5.41, 5.74) is 6.58. The molecule has 0 bridgehead atoms. The van der Waals surface area contributed by atoms with Crippen LogP contribution in [0, 0.1) is 5.92 Å². The molecule has 12 heteroatoms. The first-order valence-electron chi connectivity index (χ1n) is 18.1. The first kappa shape index (κ1) is 34.5. The number of aromatic nitrogens is 2. The van der Waals surface area contributed by atoms with E-state index in [0.717, 1.165) is 72.0 Å². The molecule has 4 aromatic carbocycles. The molecule has 272 valence electrons. The van der Waals surface area contributed by atoms with Gasteiger partial charge >= 0.3 is 12.1 Å². The third kappa shape index (κ3) is 6.41. The van der Waals surface area contributed by atoms with Crippen LogP contribution in [-0.4, -0.2) is 56.3 Å². The molecule has 5 aromatic rings. The Morgan fingerprint density at radius 1 is 0.906 bits per heavy atom. The van der Waals surface area contributed by atoms with Gasteiger partial charge in [-0.2, -0.15) is 9.46 Å². The Balaban J connectivity index is 1.30. The van der Waals surface area contributed by atoms with Crippen molar-refractivity contribution in [2.45, 2.75) is 55.5 Å². The number of anilines is 1. The van der Waals surface area contributed by atoms with E-state index in [1.165, 1.54) is 29.3 Å². The molecule has 2 heterocycles. The first-order valence-corrected chi connectivity index (χ1v) is 19.6. The van der Waals surface area contributed by atoms with Gasteiger partial charge in [-0.1, -0.05) is 97.1 Å². The number of hydrogen-bond donors (Lipinski definition) is 3. The van der Waals surface area contributed by atoms with E-state index in [4.69, 9.17) is 9.10 Å². The number of fused-ring (bicyclic) bond motifs is 3. The maximum atomic E-state index is 16.1. The minimum Gasteiger partial charge on any atom is -0.476 e. The monoisotopic (exact) mass is 730 g/mol. The number of hydrogen-bond acceptors (Lipinski definition) is 6. The van der Waals surface area contributed by atoms with E-state index in [1.54, 1.807) is 4.68 Å². The number of urea groups is 1. The summed E-state index contributed by atoms with van der Waals surface area (Å²) in [5, 5.41) is 17.2. The van der Waals surface area contributed by atoms with Gasteiger partial charge in [-0.05, 0) is 77.5 Å². The molecule has 1 aliphatic heterocycles. The van der Waals surface area contributed by atoms with Gasteiger partial charge in [0.1, 0.15) is 10.4 Å². The standard InChI is InChI=1S/C41H42N6O5S/c1-46(40(49)50)25-28-26-47-38(52-27-28)36(24-42-47)53(51,44-39(48)43-37-34-21-11-13-29(34)23-30-14-12-22-35(30)37)45-41(31-15-5-2-6-16-31,32-17-7-3-8-18-32)33-19-9-4-10-20-33/h2-10,15-20,23-24,28H,11-14,21-22,25-27H2,1H3,(H,49,50)(H2,43,44,45,48,51)/t28-,53?/m0/s1. The van der Waals surface area contributed by atoms with Crippen molar-refractivity contribution < 1.29 is 23.6 Å². The van der Waals surface area contributed by atoms with E-state index in [-0.39, 0.29) is 29.8 Å². The molecule has 8 rings (SSSR count). The zero-order valence-electron chi connectivity index (χ0n) is 29.5. The van der Waals surface area contributed by atoms with E-state index < -0.39 is 27.6 Å². The quantitative estimate of drug-likeness (QED) is 0.139. The fraction of sp³-hybridized carbons (Fsp3) is 0.293. The third-order valence-electron chi connectivity index (χ3n) is 10.6. The minimum atomic E-state index is -3.92. The topological polar surface area (TPSA) is 138 Å². The summed E-state index contributed by atoms with van der Waals surface area (Å²) in [6.45, 7) is 0.731. The van der Waals surface area contributed by atoms with Crippen LogP contribution in [0.15, 0.2) is 113 Å². The highest BCUT2D eigenvalue weighted by atomic mass is 32.2. The van der Waals surface area contributed by atoms with Gasteiger partial charge in [-0.3, -0.25) is 0 Å². The Hall–Kier alpha value is -5.62. The van der Waals surface area contributed by atoms with E-state index in [9.17, 15) is 14.7 Å². The molecular weight excluding hydrogens is 689 g/mol. The third-order valence-corrected chi connectivity index (χ3v) is 12.5. The van der Waals surface area contributed by atoms with E-state index in [0.29, 0.717) is 6.54 Å². The van der Waals surface area contributed by atoms with E-state index >= 15 is 4.21 Å². The van der Waals surface area contributed by atoms with Gasteiger partial charge in [0, 0.05) is 25.2 Å². The van der Waals surface area contributed by atoms with Gasteiger partial charge in [0.05, 0.1) is 19.3 Å². The summed E-state index contributed by atoms with van der Waals surface area (Å²) >= 11 is 0. The molecule has 3 aliphatic rings. The number of ether oxygens (including phenoxy) is 1. The molecule has 11 nitrogen and oxygen atoms in total. The van der Waals surface area contributed by atoms with Gasteiger partial charge in [0.2, 0.25) is 5.88 Å². The van der Waals surface area contributed by atoms with Crippen LogP contribution in [0.4, 0.5) is 15.3 Å². The van der Waals surface area contributed by atoms with Crippen molar-refractivity contribution in [1.29, 1.82) is 0 Å². The average Bonchev–Trinajstić information content (AvgIpc) is 3.95. The zero-order chi connectivity index (χ0) is 36.6. The molecule has 2 aliphatic carbocycles. The van der Waals surface area contributed by atoms with Crippen molar-refractivity contribution >= 4 is 27.7 Å². The Labute approximate surface area is 309 Å². The van der Waals surface area contributed by atoms with Crippen LogP contribution in [0.25, 0.3) is 0 Å². The average molecular weight is 731 g/mol. The van der Waals surface area contributed by atoms with Crippen LogP contribution in [0.1, 0.15) is 51.8 Å². The predicted octanol–water partition coefficient (Wildman–Crippen LogP) is 7.03. The van der Waals surface area contributed by atoms with Gasteiger partial charge in [-0.25, -0.2) is 23.2 Å². The van der Waals surface area contributed by atoms with Crippen LogP contribution in [0.2, 0.25) is 0 Å². The molecule has 1 unspecified atom stereocenters. The molecule has 0 saturated heterocycles. The Morgan fingerprint density at radius 2 is 1.45 bits per heavy atom. The summed E-state index contributed by atoms with van der Waals surface area (Å²) in [6.07, 6.45) is 6.16. The molecule has 0 radical (unpaired) electrons. The molecule has 3 N–H and O–H groups in total. The van der Waals surface area contributed by atoms with Crippen LogP contribution in [0.3, 0.4) is 0 Å². The van der Waals surface area contributed by atoms with Crippen molar-refractivity contribution in [1.82, 2.24) is 19.4 Å². The van der Waals surface area contributed by atoms with Crippen molar-refractivity contribution in [3.63, 3.8) is 0 Å². The Morgan fingerprint density at radius 3 is 1.98 bits per heavy atom. The fourth-order valence-corrected chi connectivity index (χ4v) is 9.99. The summed E-state index contributed by atoms with van der Waals surface area (Å²) in [5.74, 6) is 0.0257. The molecule has 0 saturated carbocycles. The number of carboxylic acid groups (broad SMARTS) is 1. The minimum absolute atomic E-state index is 0.133. The molecule has 53 heavy (non-hydrogen) atoms. The number of aryl methyl sites for hydroxylation is 2. The zero-order valence-corrected chi connectivity index (χ0v) is 30.4. The van der Waals surface area contributed by atoms with Crippen molar-refractivity contribution in [2.24, 2.45) is 10.3 Å². The number of nitrogens with zero attached hydrogens (tertiary/aromatic N) is 4. The highest BCUT2D eigenvalue weighted by molar-refractivity contribution is 7.92. The van der Waals surface area contributed by atoms with Crippen LogP contribution >= 0.6 is 0 Å². The second-order valence-electron chi connectivity index (χ2n) is 14.1. The van der Waals surface area contributed by atoms with Crippen LogP contribution in [-0.2, 0) is 47.7 Å². The number of benzene rings is 4. The van der Waals surface area contributed by atoms with Crippen molar-refractivity contribution in [2.75, 3.05) is 25.5 Å². The highest BCUT2D eigenvalue weighted by Crippen LogP contribution is 2.44. The van der Waals surface area contributed by atoms with Crippen molar-refractivity contribution in [3.8, 4) is 5.88 Å². The first-order chi connectivity index (χ1) is 25.7. The van der Waals surface area contributed by atoms with Crippen molar-refractivity contribution in [3.05, 3.63) is 142 Å².